The first-order valence-corrected chi connectivity index (χ1v) is 8.68. The fourth-order valence-electron chi connectivity index (χ4n) is 2.89. The molecule has 142 valence electrons. The van der Waals surface area contributed by atoms with E-state index in [2.05, 4.69) is 32.7 Å². The minimum atomic E-state index is 0. The second-order valence-electron chi connectivity index (χ2n) is 5.88. The summed E-state index contributed by atoms with van der Waals surface area (Å²) < 4.78 is 10.6. The van der Waals surface area contributed by atoms with Crippen LogP contribution in [0.15, 0.2) is 29.3 Å². The fourth-order valence-corrected chi connectivity index (χ4v) is 2.89. The third-order valence-electron chi connectivity index (χ3n) is 4.23. The van der Waals surface area contributed by atoms with Gasteiger partial charge in [0, 0.05) is 51.6 Å². The molecule has 1 aliphatic heterocycles. The topological polar surface area (TPSA) is 58.1 Å². The van der Waals surface area contributed by atoms with Gasteiger partial charge in [-0.3, -0.25) is 4.99 Å². The number of aliphatic imine (C=N–C) groups is 1. The zero-order chi connectivity index (χ0) is 17.2. The zero-order valence-corrected chi connectivity index (χ0v) is 17.8. The predicted octanol–water partition coefficient (Wildman–Crippen LogP) is 2.34. The van der Waals surface area contributed by atoms with Crippen molar-refractivity contribution in [3.8, 4) is 5.75 Å². The molecule has 1 heterocycles. The van der Waals surface area contributed by atoms with Gasteiger partial charge in [-0.1, -0.05) is 6.07 Å². The number of nitrogens with one attached hydrogen (secondary N) is 2. The van der Waals surface area contributed by atoms with E-state index in [4.69, 9.17) is 9.47 Å². The molecule has 1 atom stereocenters. The summed E-state index contributed by atoms with van der Waals surface area (Å²) >= 11 is 0. The highest BCUT2D eigenvalue weighted by Crippen LogP contribution is 2.26. The van der Waals surface area contributed by atoms with Gasteiger partial charge < -0.3 is 25.0 Å². The molecule has 0 aliphatic carbocycles. The second kappa shape index (κ2) is 12.2. The summed E-state index contributed by atoms with van der Waals surface area (Å²) in [4.78, 5) is 6.67. The van der Waals surface area contributed by atoms with Crippen LogP contribution in [0, 0.1) is 5.92 Å². The number of guanidine groups is 1. The van der Waals surface area contributed by atoms with Crippen molar-refractivity contribution in [1.82, 2.24) is 10.6 Å². The number of halogens is 1. The van der Waals surface area contributed by atoms with Gasteiger partial charge in [0.2, 0.25) is 0 Å². The molecule has 2 N–H and O–H groups in total. The molecule has 0 saturated carbocycles. The van der Waals surface area contributed by atoms with Crippen molar-refractivity contribution in [2.45, 2.75) is 13.3 Å². The van der Waals surface area contributed by atoms with E-state index in [0.717, 1.165) is 44.5 Å². The maximum absolute atomic E-state index is 5.33. The van der Waals surface area contributed by atoms with Crippen LogP contribution in [-0.2, 0) is 4.74 Å². The minimum Gasteiger partial charge on any atom is -0.497 e. The Balaban J connectivity index is 0.00000312. The van der Waals surface area contributed by atoms with Crippen molar-refractivity contribution >= 4 is 35.6 Å². The predicted molar refractivity (Wildman–Crippen MR) is 115 cm³/mol. The second-order valence-corrected chi connectivity index (χ2v) is 5.88. The standard InChI is InChI=1S/C18H30N4O2.HI/c1-4-24-11-9-20-18(19-2)21-13-15-8-10-22(14-15)16-6-5-7-17(12-16)23-3;/h5-7,12,15H,4,8-11,13-14H2,1-3H3,(H2,19,20,21);1H. The van der Waals surface area contributed by atoms with E-state index in [1.54, 1.807) is 14.2 Å². The summed E-state index contributed by atoms with van der Waals surface area (Å²) in [7, 11) is 3.51. The van der Waals surface area contributed by atoms with Crippen LogP contribution in [0.3, 0.4) is 0 Å². The third-order valence-corrected chi connectivity index (χ3v) is 4.23. The van der Waals surface area contributed by atoms with Crippen LogP contribution in [0.1, 0.15) is 13.3 Å². The van der Waals surface area contributed by atoms with Crippen LogP contribution in [-0.4, -0.2) is 59.5 Å². The van der Waals surface area contributed by atoms with E-state index in [0.29, 0.717) is 12.5 Å². The van der Waals surface area contributed by atoms with Gasteiger partial charge in [-0.2, -0.15) is 0 Å². The lowest BCUT2D eigenvalue weighted by Gasteiger charge is -2.20. The molecule has 0 bridgehead atoms. The van der Waals surface area contributed by atoms with Crippen molar-refractivity contribution in [1.29, 1.82) is 0 Å². The lowest BCUT2D eigenvalue weighted by atomic mass is 10.1. The highest BCUT2D eigenvalue weighted by molar-refractivity contribution is 14.0. The molecule has 0 aromatic heterocycles. The van der Waals surface area contributed by atoms with Crippen molar-refractivity contribution in [2.75, 3.05) is 58.5 Å². The molecular weight excluding hydrogens is 431 g/mol. The maximum atomic E-state index is 5.33. The van der Waals surface area contributed by atoms with Crippen LogP contribution in [0.4, 0.5) is 5.69 Å². The summed E-state index contributed by atoms with van der Waals surface area (Å²) in [6, 6.07) is 8.27. The Morgan fingerprint density at radius 2 is 2.20 bits per heavy atom. The SMILES string of the molecule is CCOCCNC(=NC)NCC1CCN(c2cccc(OC)c2)C1.I. The highest BCUT2D eigenvalue weighted by atomic mass is 127. The monoisotopic (exact) mass is 462 g/mol. The van der Waals surface area contributed by atoms with Gasteiger partial charge >= 0.3 is 0 Å². The first-order valence-electron chi connectivity index (χ1n) is 8.68. The van der Waals surface area contributed by atoms with E-state index >= 15 is 0 Å². The quantitative estimate of drug-likeness (QED) is 0.269. The number of anilines is 1. The molecule has 7 heteroatoms. The average molecular weight is 462 g/mol. The van der Waals surface area contributed by atoms with Crippen molar-refractivity contribution < 1.29 is 9.47 Å². The number of methoxy groups -OCH3 is 1. The highest BCUT2D eigenvalue weighted by Gasteiger charge is 2.23. The molecule has 0 radical (unpaired) electrons. The molecule has 6 nitrogen and oxygen atoms in total. The van der Waals surface area contributed by atoms with E-state index < -0.39 is 0 Å². The summed E-state index contributed by atoms with van der Waals surface area (Å²) in [5.41, 5.74) is 1.23. The fraction of sp³-hybridized carbons (Fsp3) is 0.611. The summed E-state index contributed by atoms with van der Waals surface area (Å²) in [6.07, 6.45) is 1.18. The number of hydrogen-bond donors (Lipinski definition) is 2. The molecule has 2 rings (SSSR count). The first-order chi connectivity index (χ1) is 11.8. The summed E-state index contributed by atoms with van der Waals surface area (Å²) in [5.74, 6) is 2.36. The van der Waals surface area contributed by atoms with Gasteiger partial charge in [-0.15, -0.1) is 24.0 Å². The molecule has 0 spiro atoms. The Bertz CT molecular complexity index is 528. The Morgan fingerprint density at radius 3 is 2.92 bits per heavy atom. The number of ether oxygens (including phenoxy) is 2. The molecule has 0 amide bonds. The molecule has 1 aromatic rings. The van der Waals surface area contributed by atoms with Crippen LogP contribution in [0.5, 0.6) is 5.75 Å². The average Bonchev–Trinajstić information content (AvgIpc) is 3.10. The molecule has 1 aromatic carbocycles. The number of hydrogen-bond acceptors (Lipinski definition) is 4. The normalized spacial score (nSPS) is 17.2. The van der Waals surface area contributed by atoms with Crippen LogP contribution in [0.25, 0.3) is 0 Å². The maximum Gasteiger partial charge on any atom is 0.191 e. The molecule has 25 heavy (non-hydrogen) atoms. The van der Waals surface area contributed by atoms with Gasteiger partial charge in [0.05, 0.1) is 13.7 Å². The number of benzene rings is 1. The Labute approximate surface area is 168 Å². The molecule has 1 unspecified atom stereocenters. The molecule has 1 saturated heterocycles. The lowest BCUT2D eigenvalue weighted by Crippen LogP contribution is -2.41. The summed E-state index contributed by atoms with van der Waals surface area (Å²) in [6.45, 7) is 7.27. The van der Waals surface area contributed by atoms with Crippen molar-refractivity contribution in [3.63, 3.8) is 0 Å². The Hall–Kier alpha value is -1.22. The summed E-state index contributed by atoms with van der Waals surface area (Å²) in [5, 5.41) is 6.68. The van der Waals surface area contributed by atoms with Crippen molar-refractivity contribution in [3.05, 3.63) is 24.3 Å². The Morgan fingerprint density at radius 1 is 1.36 bits per heavy atom. The van der Waals surface area contributed by atoms with Crippen molar-refractivity contribution in [2.24, 2.45) is 10.9 Å². The largest absolute Gasteiger partial charge is 0.497 e. The van der Waals surface area contributed by atoms with Gasteiger partial charge in [0.15, 0.2) is 5.96 Å². The smallest absolute Gasteiger partial charge is 0.191 e. The van der Waals surface area contributed by atoms with E-state index in [1.165, 1.54) is 12.1 Å². The molecule has 1 aliphatic rings. The Kier molecular flexibility index (Phi) is 10.6. The van der Waals surface area contributed by atoms with E-state index in [-0.39, 0.29) is 24.0 Å². The van der Waals surface area contributed by atoms with E-state index in [1.807, 2.05) is 19.1 Å². The van der Waals surface area contributed by atoms with Crippen LogP contribution >= 0.6 is 24.0 Å². The number of nitrogens with zero attached hydrogens (tertiary/aromatic N) is 2. The van der Waals surface area contributed by atoms with Gasteiger partial charge in [-0.05, 0) is 31.4 Å². The minimum absolute atomic E-state index is 0. The van der Waals surface area contributed by atoms with Gasteiger partial charge in [0.25, 0.3) is 0 Å². The lowest BCUT2D eigenvalue weighted by molar-refractivity contribution is 0.152. The zero-order valence-electron chi connectivity index (χ0n) is 15.5. The number of rotatable bonds is 8. The van der Waals surface area contributed by atoms with E-state index in [9.17, 15) is 0 Å². The molecular formula is C18H31IN4O2. The van der Waals surface area contributed by atoms with Gasteiger partial charge in [-0.25, -0.2) is 0 Å². The first kappa shape index (κ1) is 21.8. The van der Waals surface area contributed by atoms with Gasteiger partial charge in [0.1, 0.15) is 5.75 Å². The molecule has 1 fully saturated rings. The van der Waals surface area contributed by atoms with Crippen LogP contribution in [0.2, 0.25) is 0 Å². The third kappa shape index (κ3) is 7.27. The van der Waals surface area contributed by atoms with Crippen LogP contribution < -0.4 is 20.3 Å².